The van der Waals surface area contributed by atoms with Gasteiger partial charge in [-0.1, -0.05) is 13.8 Å². The van der Waals surface area contributed by atoms with Crippen LogP contribution in [0.4, 0.5) is 0 Å². The second kappa shape index (κ2) is 5.34. The van der Waals surface area contributed by atoms with Gasteiger partial charge in [0.1, 0.15) is 5.75 Å². The molecular formula is C15H20N2O2. The second-order valence-corrected chi connectivity index (χ2v) is 5.14. The number of fused-ring (bicyclic) bond motifs is 1. The molecule has 0 spiro atoms. The highest BCUT2D eigenvalue weighted by atomic mass is 16.5. The Hall–Kier alpha value is -1.97. The fraction of sp³-hybridized carbons (Fsp3) is 0.400. The van der Waals surface area contributed by atoms with Gasteiger partial charge in [-0.3, -0.25) is 4.79 Å². The van der Waals surface area contributed by atoms with Crippen LogP contribution in [0.2, 0.25) is 0 Å². The smallest absolute Gasteiger partial charge is 0.253 e. The molecule has 0 aliphatic rings. The average Bonchev–Trinajstić information content (AvgIpc) is 2.70. The minimum Gasteiger partial charge on any atom is -0.497 e. The lowest BCUT2D eigenvalue weighted by atomic mass is 10.1. The van der Waals surface area contributed by atoms with Crippen LogP contribution in [-0.4, -0.2) is 24.5 Å². The van der Waals surface area contributed by atoms with Gasteiger partial charge in [0.25, 0.3) is 5.91 Å². The van der Waals surface area contributed by atoms with Crippen LogP contribution < -0.4 is 10.1 Å². The van der Waals surface area contributed by atoms with Crippen LogP contribution in [0.15, 0.2) is 18.2 Å². The van der Waals surface area contributed by atoms with Gasteiger partial charge in [0.15, 0.2) is 0 Å². The first-order valence-corrected chi connectivity index (χ1v) is 6.47. The summed E-state index contributed by atoms with van der Waals surface area (Å²) in [6.45, 7) is 6.75. The van der Waals surface area contributed by atoms with Crippen LogP contribution in [0.3, 0.4) is 0 Å². The van der Waals surface area contributed by atoms with E-state index in [1.54, 1.807) is 7.11 Å². The predicted octanol–water partition coefficient (Wildman–Crippen LogP) is 2.87. The van der Waals surface area contributed by atoms with Gasteiger partial charge in [0, 0.05) is 23.7 Å². The summed E-state index contributed by atoms with van der Waals surface area (Å²) in [7, 11) is 1.63. The number of aromatic amines is 1. The van der Waals surface area contributed by atoms with Crippen LogP contribution >= 0.6 is 0 Å². The van der Waals surface area contributed by atoms with Crippen molar-refractivity contribution < 1.29 is 9.53 Å². The molecule has 0 fully saturated rings. The van der Waals surface area contributed by atoms with E-state index in [2.05, 4.69) is 24.1 Å². The van der Waals surface area contributed by atoms with E-state index in [4.69, 9.17) is 4.74 Å². The Balaban J connectivity index is 2.37. The monoisotopic (exact) mass is 260 g/mol. The minimum atomic E-state index is -0.0254. The van der Waals surface area contributed by atoms with Crippen molar-refractivity contribution >= 4 is 16.8 Å². The maximum Gasteiger partial charge on any atom is 0.253 e. The van der Waals surface area contributed by atoms with Crippen molar-refractivity contribution in [2.75, 3.05) is 13.7 Å². The van der Waals surface area contributed by atoms with E-state index in [0.29, 0.717) is 12.5 Å². The zero-order valence-electron chi connectivity index (χ0n) is 11.8. The van der Waals surface area contributed by atoms with E-state index in [1.807, 2.05) is 25.1 Å². The fourth-order valence-corrected chi connectivity index (χ4v) is 2.12. The highest BCUT2D eigenvalue weighted by Gasteiger charge is 2.16. The number of hydrogen-bond donors (Lipinski definition) is 2. The van der Waals surface area contributed by atoms with E-state index in [0.717, 1.165) is 27.9 Å². The SMILES string of the molecule is COc1ccc2c(C(=O)NCC(C)C)c(C)[nH]c2c1. The number of aryl methyl sites for hydroxylation is 1. The van der Waals surface area contributed by atoms with E-state index >= 15 is 0 Å². The van der Waals surface area contributed by atoms with Gasteiger partial charge in [0.05, 0.1) is 18.2 Å². The molecule has 0 unspecified atom stereocenters. The van der Waals surface area contributed by atoms with Crippen LogP contribution in [0, 0.1) is 12.8 Å². The molecule has 0 saturated heterocycles. The molecule has 2 aromatic rings. The van der Waals surface area contributed by atoms with Crippen molar-refractivity contribution in [2.45, 2.75) is 20.8 Å². The van der Waals surface area contributed by atoms with Gasteiger partial charge in [-0.15, -0.1) is 0 Å². The van der Waals surface area contributed by atoms with Gasteiger partial charge >= 0.3 is 0 Å². The van der Waals surface area contributed by atoms with Crippen molar-refractivity contribution in [3.05, 3.63) is 29.5 Å². The number of carbonyl (C=O) groups excluding carboxylic acids is 1. The number of ether oxygens (including phenoxy) is 1. The van der Waals surface area contributed by atoms with Gasteiger partial charge in [0.2, 0.25) is 0 Å². The topological polar surface area (TPSA) is 54.1 Å². The number of amides is 1. The number of H-pyrrole nitrogens is 1. The highest BCUT2D eigenvalue weighted by Crippen LogP contribution is 2.25. The summed E-state index contributed by atoms with van der Waals surface area (Å²) in [4.78, 5) is 15.5. The Morgan fingerprint density at radius 3 is 2.79 bits per heavy atom. The quantitative estimate of drug-likeness (QED) is 0.888. The van der Waals surface area contributed by atoms with Crippen molar-refractivity contribution in [1.29, 1.82) is 0 Å². The van der Waals surface area contributed by atoms with Gasteiger partial charge < -0.3 is 15.0 Å². The summed E-state index contributed by atoms with van der Waals surface area (Å²) < 4.78 is 5.19. The van der Waals surface area contributed by atoms with E-state index < -0.39 is 0 Å². The first-order chi connectivity index (χ1) is 9.02. The molecule has 1 heterocycles. The number of aromatic nitrogens is 1. The van der Waals surface area contributed by atoms with Gasteiger partial charge in [-0.25, -0.2) is 0 Å². The van der Waals surface area contributed by atoms with Crippen molar-refractivity contribution in [1.82, 2.24) is 10.3 Å². The molecule has 1 amide bonds. The van der Waals surface area contributed by atoms with Crippen molar-refractivity contribution in [2.24, 2.45) is 5.92 Å². The summed E-state index contributed by atoms with van der Waals surface area (Å²) in [5, 5.41) is 3.89. The zero-order chi connectivity index (χ0) is 14.0. The Labute approximate surface area is 113 Å². The maximum atomic E-state index is 12.2. The Morgan fingerprint density at radius 1 is 1.42 bits per heavy atom. The number of methoxy groups -OCH3 is 1. The summed E-state index contributed by atoms with van der Waals surface area (Å²) in [5.74, 6) is 1.19. The highest BCUT2D eigenvalue weighted by molar-refractivity contribution is 6.08. The lowest BCUT2D eigenvalue weighted by Gasteiger charge is -2.07. The van der Waals surface area contributed by atoms with Crippen LogP contribution in [0.1, 0.15) is 29.9 Å². The third-order valence-corrected chi connectivity index (χ3v) is 3.09. The number of carbonyl (C=O) groups is 1. The number of hydrogen-bond acceptors (Lipinski definition) is 2. The third-order valence-electron chi connectivity index (χ3n) is 3.09. The van der Waals surface area contributed by atoms with Crippen LogP contribution in [0.5, 0.6) is 5.75 Å². The predicted molar refractivity (Wildman–Crippen MR) is 76.8 cm³/mol. The Morgan fingerprint density at radius 2 is 2.16 bits per heavy atom. The first-order valence-electron chi connectivity index (χ1n) is 6.47. The number of rotatable bonds is 4. The molecule has 0 atom stereocenters. The molecule has 0 bridgehead atoms. The van der Waals surface area contributed by atoms with Crippen LogP contribution in [-0.2, 0) is 0 Å². The summed E-state index contributed by atoms with van der Waals surface area (Å²) in [6, 6.07) is 5.69. The molecule has 0 saturated carbocycles. The fourth-order valence-electron chi connectivity index (χ4n) is 2.12. The molecule has 0 radical (unpaired) electrons. The van der Waals surface area contributed by atoms with Gasteiger partial charge in [-0.2, -0.15) is 0 Å². The lowest BCUT2D eigenvalue weighted by Crippen LogP contribution is -2.27. The lowest BCUT2D eigenvalue weighted by molar-refractivity contribution is 0.0950. The van der Waals surface area contributed by atoms with Gasteiger partial charge in [-0.05, 0) is 25.0 Å². The summed E-state index contributed by atoms with van der Waals surface area (Å²) in [6.07, 6.45) is 0. The molecule has 2 rings (SSSR count). The number of benzene rings is 1. The molecular weight excluding hydrogens is 240 g/mol. The molecule has 4 heteroatoms. The zero-order valence-corrected chi connectivity index (χ0v) is 11.8. The maximum absolute atomic E-state index is 12.2. The summed E-state index contributed by atoms with van der Waals surface area (Å²) in [5.41, 5.74) is 2.52. The van der Waals surface area contributed by atoms with Crippen molar-refractivity contribution in [3.8, 4) is 5.75 Å². The molecule has 102 valence electrons. The number of nitrogens with one attached hydrogen (secondary N) is 2. The molecule has 2 N–H and O–H groups in total. The largest absolute Gasteiger partial charge is 0.497 e. The van der Waals surface area contributed by atoms with E-state index in [9.17, 15) is 4.79 Å². The average molecular weight is 260 g/mol. The minimum absolute atomic E-state index is 0.0254. The van der Waals surface area contributed by atoms with Crippen molar-refractivity contribution in [3.63, 3.8) is 0 Å². The second-order valence-electron chi connectivity index (χ2n) is 5.14. The van der Waals surface area contributed by atoms with E-state index in [-0.39, 0.29) is 5.91 Å². The Kier molecular flexibility index (Phi) is 3.79. The van der Waals surface area contributed by atoms with Crippen LogP contribution in [0.25, 0.3) is 10.9 Å². The molecule has 0 aliphatic heterocycles. The first kappa shape index (κ1) is 13.5. The molecule has 1 aromatic heterocycles. The molecule has 19 heavy (non-hydrogen) atoms. The Bertz CT molecular complexity index is 599. The molecule has 4 nitrogen and oxygen atoms in total. The molecule has 1 aromatic carbocycles. The molecule has 0 aliphatic carbocycles. The normalized spacial score (nSPS) is 11.0. The standard InChI is InChI=1S/C15H20N2O2/c1-9(2)8-16-15(18)14-10(3)17-13-7-11(19-4)5-6-12(13)14/h5-7,9,17H,8H2,1-4H3,(H,16,18). The van der Waals surface area contributed by atoms with E-state index in [1.165, 1.54) is 0 Å². The third kappa shape index (κ3) is 2.72. The summed E-state index contributed by atoms with van der Waals surface area (Å²) >= 11 is 0.